The molecule has 4 rings (SSSR count). The fourth-order valence-electron chi connectivity index (χ4n) is 4.36. The zero-order valence-corrected chi connectivity index (χ0v) is 19.6. The summed E-state index contributed by atoms with van der Waals surface area (Å²) in [5.41, 5.74) is 0.568. The molecule has 2 N–H and O–H groups in total. The van der Waals surface area contributed by atoms with E-state index >= 15 is 0 Å². The van der Waals surface area contributed by atoms with E-state index in [1.165, 1.54) is 59.7 Å². The maximum absolute atomic E-state index is 15.0. The second kappa shape index (κ2) is 11.6. The van der Waals surface area contributed by atoms with Gasteiger partial charge in [0.15, 0.2) is 5.76 Å². The number of carbonyl (C=O) groups excluding carboxylic acids is 3. The van der Waals surface area contributed by atoms with Crippen molar-refractivity contribution in [2.45, 2.75) is 44.3 Å². The predicted molar refractivity (Wildman–Crippen MR) is 128 cm³/mol. The number of hydrogen-bond donors (Lipinski definition) is 2. The topological polar surface area (TPSA) is 91.7 Å². The average Bonchev–Trinajstić information content (AvgIpc) is 3.59. The van der Waals surface area contributed by atoms with Crippen LogP contribution in [0.15, 0.2) is 71.3 Å². The highest BCUT2D eigenvalue weighted by Gasteiger charge is 2.35. The first-order valence-corrected chi connectivity index (χ1v) is 11.8. The van der Waals surface area contributed by atoms with Gasteiger partial charge in [-0.1, -0.05) is 43.2 Å². The Morgan fingerprint density at radius 3 is 2.36 bits per heavy atom. The third kappa shape index (κ3) is 6.16. The second-order valence-electron chi connectivity index (χ2n) is 8.72. The summed E-state index contributed by atoms with van der Waals surface area (Å²) in [5.74, 6) is -2.80. The number of furan rings is 1. The van der Waals surface area contributed by atoms with Crippen LogP contribution in [0.3, 0.4) is 0 Å². The Morgan fingerprint density at radius 1 is 0.972 bits per heavy atom. The summed E-state index contributed by atoms with van der Waals surface area (Å²) >= 11 is 0. The molecule has 1 unspecified atom stereocenters. The molecule has 7 nitrogen and oxygen atoms in total. The Kier molecular flexibility index (Phi) is 8.10. The first-order chi connectivity index (χ1) is 17.4. The molecule has 1 heterocycles. The fraction of sp³-hybridized carbons (Fsp3) is 0.296. The lowest BCUT2D eigenvalue weighted by molar-refractivity contribution is -0.141. The Labute approximate surface area is 207 Å². The van der Waals surface area contributed by atoms with Crippen LogP contribution in [0.25, 0.3) is 0 Å². The largest absolute Gasteiger partial charge is 0.459 e. The van der Waals surface area contributed by atoms with Gasteiger partial charge in [0.25, 0.3) is 5.91 Å². The standard InChI is InChI=1S/C27H27F2N3O4/c28-19-13-11-18(12-14-19)17-32(24(33)16-30-26(34)23-10-5-15-36-23)25(21-8-3-4-9-22(21)29)27(35)31-20-6-1-2-7-20/h3-5,8-15,20,25H,1-2,6-7,16-17H2,(H,30,34)(H,31,35). The van der Waals surface area contributed by atoms with Crippen molar-refractivity contribution in [1.82, 2.24) is 15.5 Å². The summed E-state index contributed by atoms with van der Waals surface area (Å²) in [7, 11) is 0. The highest BCUT2D eigenvalue weighted by atomic mass is 19.1. The number of halogens is 2. The normalized spacial score (nSPS) is 14.3. The summed E-state index contributed by atoms with van der Waals surface area (Å²) in [5, 5.41) is 5.44. The first kappa shape index (κ1) is 25.1. The van der Waals surface area contributed by atoms with E-state index in [1.807, 2.05) is 0 Å². The van der Waals surface area contributed by atoms with Gasteiger partial charge >= 0.3 is 0 Å². The predicted octanol–water partition coefficient (Wildman–Crippen LogP) is 4.12. The van der Waals surface area contributed by atoms with Crippen LogP contribution in [-0.4, -0.2) is 35.2 Å². The molecule has 1 aromatic heterocycles. The van der Waals surface area contributed by atoms with Crippen LogP contribution in [0.5, 0.6) is 0 Å². The van der Waals surface area contributed by atoms with E-state index in [1.54, 1.807) is 12.1 Å². The van der Waals surface area contributed by atoms with Gasteiger partial charge in [-0.3, -0.25) is 14.4 Å². The van der Waals surface area contributed by atoms with Crippen LogP contribution in [-0.2, 0) is 16.1 Å². The molecule has 0 bridgehead atoms. The molecule has 0 aliphatic heterocycles. The minimum atomic E-state index is -1.30. The van der Waals surface area contributed by atoms with E-state index in [2.05, 4.69) is 10.6 Å². The molecule has 2 aromatic carbocycles. The highest BCUT2D eigenvalue weighted by Crippen LogP contribution is 2.28. The lowest BCUT2D eigenvalue weighted by Gasteiger charge is -2.32. The van der Waals surface area contributed by atoms with Gasteiger partial charge in [0.2, 0.25) is 11.8 Å². The average molecular weight is 496 g/mol. The van der Waals surface area contributed by atoms with Crippen molar-refractivity contribution in [3.05, 3.63) is 95.4 Å². The molecule has 9 heteroatoms. The monoisotopic (exact) mass is 495 g/mol. The number of carbonyl (C=O) groups is 3. The molecule has 1 atom stereocenters. The van der Waals surface area contributed by atoms with Gasteiger partial charge in [-0.2, -0.15) is 0 Å². The Bertz CT molecular complexity index is 1190. The first-order valence-electron chi connectivity index (χ1n) is 11.8. The number of nitrogens with one attached hydrogen (secondary N) is 2. The quantitative estimate of drug-likeness (QED) is 0.467. The van der Waals surface area contributed by atoms with Crippen molar-refractivity contribution in [3.8, 4) is 0 Å². The van der Waals surface area contributed by atoms with E-state index in [9.17, 15) is 23.2 Å². The van der Waals surface area contributed by atoms with Gasteiger partial charge in [0.1, 0.15) is 17.7 Å². The smallest absolute Gasteiger partial charge is 0.287 e. The molecular formula is C27H27F2N3O4. The number of amides is 3. The second-order valence-corrected chi connectivity index (χ2v) is 8.72. The summed E-state index contributed by atoms with van der Waals surface area (Å²) in [4.78, 5) is 40.5. The molecule has 3 amide bonds. The summed E-state index contributed by atoms with van der Waals surface area (Å²) < 4.78 is 33.5. The molecule has 0 radical (unpaired) electrons. The van der Waals surface area contributed by atoms with E-state index in [0.29, 0.717) is 5.56 Å². The Balaban J connectivity index is 1.65. The Hall–Kier alpha value is -4.01. The molecule has 188 valence electrons. The fourth-order valence-corrected chi connectivity index (χ4v) is 4.36. The van der Waals surface area contributed by atoms with Crippen LogP contribution in [0.4, 0.5) is 8.78 Å². The molecule has 1 aliphatic rings. The van der Waals surface area contributed by atoms with Crippen LogP contribution < -0.4 is 10.6 Å². The molecule has 1 aliphatic carbocycles. The van der Waals surface area contributed by atoms with Gasteiger partial charge in [-0.25, -0.2) is 8.78 Å². The van der Waals surface area contributed by atoms with E-state index in [0.717, 1.165) is 25.7 Å². The lowest BCUT2D eigenvalue weighted by Crippen LogP contribution is -2.48. The highest BCUT2D eigenvalue weighted by molar-refractivity contribution is 5.95. The zero-order chi connectivity index (χ0) is 25.5. The molecule has 0 saturated heterocycles. The lowest BCUT2D eigenvalue weighted by atomic mass is 10.0. The van der Waals surface area contributed by atoms with Crippen molar-refractivity contribution < 1.29 is 27.6 Å². The minimum Gasteiger partial charge on any atom is -0.459 e. The van der Waals surface area contributed by atoms with Crippen LogP contribution >= 0.6 is 0 Å². The van der Waals surface area contributed by atoms with Crippen molar-refractivity contribution in [1.29, 1.82) is 0 Å². The number of nitrogens with zero attached hydrogens (tertiary/aromatic N) is 1. The maximum Gasteiger partial charge on any atom is 0.287 e. The Morgan fingerprint density at radius 2 is 1.69 bits per heavy atom. The van der Waals surface area contributed by atoms with E-state index in [4.69, 9.17) is 4.42 Å². The number of rotatable bonds is 9. The minimum absolute atomic E-state index is 0.0255. The molecule has 1 fully saturated rings. The van der Waals surface area contributed by atoms with E-state index in [-0.39, 0.29) is 23.9 Å². The van der Waals surface area contributed by atoms with Crippen molar-refractivity contribution in [3.63, 3.8) is 0 Å². The van der Waals surface area contributed by atoms with Crippen molar-refractivity contribution in [2.24, 2.45) is 0 Å². The number of benzene rings is 2. The molecule has 1 saturated carbocycles. The van der Waals surface area contributed by atoms with Gasteiger partial charge in [0, 0.05) is 18.2 Å². The van der Waals surface area contributed by atoms with E-state index < -0.39 is 41.9 Å². The van der Waals surface area contributed by atoms with Gasteiger partial charge in [0.05, 0.1) is 12.8 Å². The van der Waals surface area contributed by atoms with Gasteiger partial charge in [-0.15, -0.1) is 0 Å². The molecule has 36 heavy (non-hydrogen) atoms. The molecule has 3 aromatic rings. The summed E-state index contributed by atoms with van der Waals surface area (Å²) in [6.45, 7) is -0.560. The van der Waals surface area contributed by atoms with Crippen LogP contribution in [0, 0.1) is 11.6 Å². The summed E-state index contributed by atoms with van der Waals surface area (Å²) in [6, 6.07) is 12.9. The van der Waals surface area contributed by atoms with Crippen LogP contribution in [0.1, 0.15) is 53.4 Å². The molecular weight excluding hydrogens is 468 g/mol. The van der Waals surface area contributed by atoms with Gasteiger partial charge in [-0.05, 0) is 48.7 Å². The van der Waals surface area contributed by atoms with Crippen molar-refractivity contribution >= 4 is 17.7 Å². The SMILES string of the molecule is O=C(NCC(=O)N(Cc1ccc(F)cc1)C(C(=O)NC1CCCC1)c1ccccc1F)c1ccco1. The van der Waals surface area contributed by atoms with Gasteiger partial charge < -0.3 is 20.0 Å². The number of hydrogen-bond acceptors (Lipinski definition) is 4. The third-order valence-corrected chi connectivity index (χ3v) is 6.19. The zero-order valence-electron chi connectivity index (χ0n) is 19.6. The summed E-state index contributed by atoms with van der Waals surface area (Å²) in [6.07, 6.45) is 4.90. The third-order valence-electron chi connectivity index (χ3n) is 6.19. The molecule has 0 spiro atoms. The maximum atomic E-state index is 15.0. The van der Waals surface area contributed by atoms with Crippen LogP contribution in [0.2, 0.25) is 0 Å². The van der Waals surface area contributed by atoms with Crippen molar-refractivity contribution in [2.75, 3.05) is 6.54 Å².